The second-order valence-corrected chi connectivity index (χ2v) is 6.20. The van der Waals surface area contributed by atoms with Crippen LogP contribution < -0.4 is 5.73 Å². The quantitative estimate of drug-likeness (QED) is 0.712. The second kappa shape index (κ2) is 7.82. The molecule has 0 amide bonds. The maximum absolute atomic E-state index is 9.77. The molecule has 0 spiro atoms. The summed E-state index contributed by atoms with van der Waals surface area (Å²) in [5, 5.41) is 9.77. The predicted molar refractivity (Wildman–Crippen MR) is 81.2 cm³/mol. The Labute approximate surface area is 115 Å². The van der Waals surface area contributed by atoms with Gasteiger partial charge in [0, 0.05) is 12.0 Å². The highest BCUT2D eigenvalue weighted by molar-refractivity contribution is 7.99. The van der Waals surface area contributed by atoms with E-state index in [9.17, 15) is 5.11 Å². The van der Waals surface area contributed by atoms with Crippen LogP contribution in [0.25, 0.3) is 0 Å². The summed E-state index contributed by atoms with van der Waals surface area (Å²) in [4.78, 5) is 0. The third-order valence-corrected chi connectivity index (χ3v) is 4.49. The number of benzene rings is 1. The lowest BCUT2D eigenvalue weighted by Crippen LogP contribution is -2.39. The molecular weight excluding hydrogens is 242 g/mol. The van der Waals surface area contributed by atoms with Gasteiger partial charge in [0.25, 0.3) is 0 Å². The number of hydrogen-bond donors (Lipinski definition) is 2. The van der Waals surface area contributed by atoms with Crippen LogP contribution in [0.15, 0.2) is 24.3 Å². The van der Waals surface area contributed by atoms with Crippen LogP contribution in [-0.2, 0) is 5.41 Å². The lowest BCUT2D eigenvalue weighted by Gasteiger charge is -2.31. The van der Waals surface area contributed by atoms with Crippen molar-refractivity contribution in [3.05, 3.63) is 35.4 Å². The van der Waals surface area contributed by atoms with E-state index in [4.69, 9.17) is 5.73 Å². The Morgan fingerprint density at radius 3 is 2.44 bits per heavy atom. The fourth-order valence-electron chi connectivity index (χ4n) is 2.16. The molecule has 1 aromatic rings. The van der Waals surface area contributed by atoms with Gasteiger partial charge in [0.05, 0.1) is 6.61 Å². The average molecular weight is 267 g/mol. The van der Waals surface area contributed by atoms with Gasteiger partial charge >= 0.3 is 0 Å². The summed E-state index contributed by atoms with van der Waals surface area (Å²) in [5.74, 6) is 2.30. The van der Waals surface area contributed by atoms with Gasteiger partial charge < -0.3 is 10.8 Å². The van der Waals surface area contributed by atoms with E-state index in [1.807, 2.05) is 11.8 Å². The summed E-state index contributed by atoms with van der Waals surface area (Å²) in [5.41, 5.74) is 8.08. The lowest BCUT2D eigenvalue weighted by atomic mass is 9.77. The molecule has 1 unspecified atom stereocenters. The molecule has 0 aliphatic carbocycles. The number of thioether (sulfide) groups is 1. The monoisotopic (exact) mass is 267 g/mol. The van der Waals surface area contributed by atoms with E-state index in [-0.39, 0.29) is 12.0 Å². The number of nitrogens with two attached hydrogens (primary N) is 1. The maximum atomic E-state index is 9.77. The summed E-state index contributed by atoms with van der Waals surface area (Å²) < 4.78 is 0. The molecule has 1 atom stereocenters. The molecule has 0 bridgehead atoms. The highest BCUT2D eigenvalue weighted by atomic mass is 32.2. The van der Waals surface area contributed by atoms with E-state index in [0.29, 0.717) is 6.54 Å². The minimum absolute atomic E-state index is 0.128. The zero-order valence-electron chi connectivity index (χ0n) is 11.5. The van der Waals surface area contributed by atoms with Crippen LogP contribution in [0.2, 0.25) is 0 Å². The zero-order valence-corrected chi connectivity index (χ0v) is 12.3. The first-order valence-electron chi connectivity index (χ1n) is 6.64. The molecule has 0 aliphatic heterocycles. The van der Waals surface area contributed by atoms with Crippen LogP contribution in [-0.4, -0.2) is 29.8 Å². The number of aliphatic hydroxyl groups is 1. The molecule has 0 fully saturated rings. The molecule has 0 saturated carbocycles. The Morgan fingerprint density at radius 1 is 1.28 bits per heavy atom. The third-order valence-electron chi connectivity index (χ3n) is 3.51. The van der Waals surface area contributed by atoms with E-state index in [1.54, 1.807) is 0 Å². The van der Waals surface area contributed by atoms with Crippen molar-refractivity contribution in [2.75, 3.05) is 24.7 Å². The molecule has 0 heterocycles. The minimum Gasteiger partial charge on any atom is -0.395 e. The molecule has 102 valence electrons. The van der Waals surface area contributed by atoms with E-state index in [2.05, 4.69) is 38.1 Å². The number of aryl methyl sites for hydroxylation is 1. The van der Waals surface area contributed by atoms with Crippen molar-refractivity contribution in [2.24, 2.45) is 5.73 Å². The first-order chi connectivity index (χ1) is 8.68. The fourth-order valence-corrected chi connectivity index (χ4v) is 2.80. The molecular formula is C15H25NOS. The smallest absolute Gasteiger partial charge is 0.0540 e. The molecule has 2 nitrogen and oxygen atoms in total. The van der Waals surface area contributed by atoms with Gasteiger partial charge in [0.1, 0.15) is 0 Å². The second-order valence-electron chi connectivity index (χ2n) is 4.81. The lowest BCUT2D eigenvalue weighted by molar-refractivity contribution is 0.187. The molecule has 1 rings (SSSR count). The molecule has 0 aromatic heterocycles. The van der Waals surface area contributed by atoms with Crippen LogP contribution in [0.3, 0.4) is 0 Å². The predicted octanol–water partition coefficient (Wildman–Crippen LogP) is 2.72. The Morgan fingerprint density at radius 2 is 1.94 bits per heavy atom. The summed E-state index contributed by atoms with van der Waals surface area (Å²) >= 11 is 1.94. The third kappa shape index (κ3) is 4.01. The highest BCUT2D eigenvalue weighted by Gasteiger charge is 2.29. The first-order valence-corrected chi connectivity index (χ1v) is 7.80. The molecule has 3 heteroatoms. The van der Waals surface area contributed by atoms with Crippen LogP contribution >= 0.6 is 11.8 Å². The van der Waals surface area contributed by atoms with Gasteiger partial charge in [-0.2, -0.15) is 11.8 Å². The van der Waals surface area contributed by atoms with E-state index < -0.39 is 0 Å². The molecule has 0 saturated heterocycles. The fraction of sp³-hybridized carbons (Fsp3) is 0.600. The van der Waals surface area contributed by atoms with Crippen molar-refractivity contribution in [3.8, 4) is 0 Å². The van der Waals surface area contributed by atoms with Gasteiger partial charge in [-0.25, -0.2) is 0 Å². The van der Waals surface area contributed by atoms with Gasteiger partial charge in [-0.15, -0.1) is 0 Å². The van der Waals surface area contributed by atoms with E-state index in [0.717, 1.165) is 24.3 Å². The van der Waals surface area contributed by atoms with Gasteiger partial charge in [0.2, 0.25) is 0 Å². The maximum Gasteiger partial charge on any atom is 0.0540 e. The first kappa shape index (κ1) is 15.5. The Bertz CT molecular complexity index is 333. The van der Waals surface area contributed by atoms with Crippen LogP contribution in [0.1, 0.15) is 30.9 Å². The Balaban J connectivity index is 2.75. The zero-order chi connectivity index (χ0) is 13.4. The normalized spacial score (nSPS) is 14.4. The van der Waals surface area contributed by atoms with Crippen molar-refractivity contribution in [2.45, 2.75) is 32.1 Å². The summed E-state index contributed by atoms with van der Waals surface area (Å²) in [6, 6.07) is 8.39. The van der Waals surface area contributed by atoms with Gasteiger partial charge in [-0.1, -0.05) is 36.8 Å². The average Bonchev–Trinajstić information content (AvgIpc) is 2.41. The largest absolute Gasteiger partial charge is 0.395 e. The van der Waals surface area contributed by atoms with Crippen molar-refractivity contribution < 1.29 is 5.11 Å². The minimum atomic E-state index is -0.262. The summed E-state index contributed by atoms with van der Waals surface area (Å²) in [7, 11) is 0. The van der Waals surface area contributed by atoms with Crippen molar-refractivity contribution in [3.63, 3.8) is 0 Å². The summed E-state index contributed by atoms with van der Waals surface area (Å²) in [6.45, 7) is 4.88. The Kier molecular flexibility index (Phi) is 6.76. The van der Waals surface area contributed by atoms with Crippen molar-refractivity contribution in [1.82, 2.24) is 0 Å². The van der Waals surface area contributed by atoms with Gasteiger partial charge in [0.15, 0.2) is 0 Å². The number of hydrogen-bond acceptors (Lipinski definition) is 3. The molecule has 18 heavy (non-hydrogen) atoms. The molecule has 0 radical (unpaired) electrons. The van der Waals surface area contributed by atoms with Crippen LogP contribution in [0, 0.1) is 6.92 Å². The topological polar surface area (TPSA) is 46.2 Å². The van der Waals surface area contributed by atoms with E-state index in [1.165, 1.54) is 11.1 Å². The van der Waals surface area contributed by atoms with Gasteiger partial charge in [-0.3, -0.25) is 0 Å². The van der Waals surface area contributed by atoms with E-state index >= 15 is 0 Å². The number of aliphatic hydroxyl groups excluding tert-OH is 1. The highest BCUT2D eigenvalue weighted by Crippen LogP contribution is 2.29. The summed E-state index contributed by atoms with van der Waals surface area (Å²) in [6.07, 6.45) is 2.06. The van der Waals surface area contributed by atoms with Crippen molar-refractivity contribution in [1.29, 1.82) is 0 Å². The molecule has 1 aromatic carbocycles. The molecule has 3 N–H and O–H groups in total. The van der Waals surface area contributed by atoms with Crippen LogP contribution in [0.4, 0.5) is 0 Å². The SMILES string of the molecule is CCSCCCC(CN)(CO)c1ccc(C)cc1. The Hall–Kier alpha value is -0.510. The van der Waals surface area contributed by atoms with Crippen molar-refractivity contribution >= 4 is 11.8 Å². The number of rotatable bonds is 8. The standard InChI is InChI=1S/C15H25NOS/c1-3-18-10-4-9-15(11-16,12-17)14-7-5-13(2)6-8-14/h5-8,17H,3-4,9-12,16H2,1-2H3. The van der Waals surface area contributed by atoms with Gasteiger partial charge in [-0.05, 0) is 36.8 Å². The molecule has 0 aliphatic rings. The van der Waals surface area contributed by atoms with Crippen LogP contribution in [0.5, 0.6) is 0 Å².